The molecule has 158 valence electrons. The summed E-state index contributed by atoms with van der Waals surface area (Å²) in [6.45, 7) is 10.9. The van der Waals surface area contributed by atoms with Crippen molar-refractivity contribution in [3.8, 4) is 0 Å². The number of rotatable bonds is 8. The number of aromatic nitrogens is 3. The molecule has 1 aromatic rings. The van der Waals surface area contributed by atoms with Gasteiger partial charge >= 0.3 is 0 Å². The molecule has 28 heavy (non-hydrogen) atoms. The van der Waals surface area contributed by atoms with Crippen LogP contribution in [0.25, 0.3) is 0 Å². The van der Waals surface area contributed by atoms with Gasteiger partial charge in [-0.2, -0.15) is 0 Å². The van der Waals surface area contributed by atoms with Gasteiger partial charge in [0.2, 0.25) is 0 Å². The van der Waals surface area contributed by atoms with Crippen LogP contribution in [0.3, 0.4) is 0 Å². The van der Waals surface area contributed by atoms with Crippen LogP contribution in [-0.2, 0) is 23.1 Å². The Morgan fingerprint density at radius 2 is 2.07 bits per heavy atom. The minimum Gasteiger partial charge on any atom is -0.381 e. The molecule has 3 heterocycles. The first-order valence-electron chi connectivity index (χ1n) is 10.4. The lowest BCUT2D eigenvalue weighted by atomic mass is 10.1. The maximum Gasteiger partial charge on any atom is 0.194 e. The Morgan fingerprint density at radius 1 is 1.25 bits per heavy atom. The molecular weight excluding hydrogens is 358 g/mol. The highest BCUT2D eigenvalue weighted by Gasteiger charge is 2.19. The van der Waals surface area contributed by atoms with Crippen molar-refractivity contribution in [3.05, 3.63) is 11.6 Å². The Balaban J connectivity index is 1.53. The number of guanidine groups is 1. The lowest BCUT2D eigenvalue weighted by Crippen LogP contribution is -2.43. The average molecular weight is 394 g/mol. The van der Waals surface area contributed by atoms with Crippen molar-refractivity contribution in [2.75, 3.05) is 66.2 Å². The molecular formula is C19H35N7O2. The van der Waals surface area contributed by atoms with E-state index in [4.69, 9.17) is 14.5 Å². The van der Waals surface area contributed by atoms with E-state index in [2.05, 4.69) is 32.4 Å². The van der Waals surface area contributed by atoms with Crippen LogP contribution in [0, 0.1) is 12.8 Å². The Labute approximate surface area is 168 Å². The number of morpholine rings is 1. The van der Waals surface area contributed by atoms with Crippen molar-refractivity contribution in [2.45, 2.75) is 26.3 Å². The first kappa shape index (κ1) is 21.0. The zero-order chi connectivity index (χ0) is 19.8. The Bertz CT molecular complexity index is 622. The third kappa shape index (κ3) is 6.15. The van der Waals surface area contributed by atoms with Crippen LogP contribution in [0.4, 0.5) is 0 Å². The highest BCUT2D eigenvalue weighted by atomic mass is 16.5. The van der Waals surface area contributed by atoms with E-state index in [0.717, 1.165) is 89.6 Å². The van der Waals surface area contributed by atoms with Gasteiger partial charge in [-0.25, -0.2) is 4.99 Å². The molecule has 0 radical (unpaired) electrons. The Morgan fingerprint density at radius 3 is 2.75 bits per heavy atom. The molecule has 2 fully saturated rings. The molecule has 0 aliphatic carbocycles. The molecule has 9 nitrogen and oxygen atoms in total. The topological polar surface area (TPSA) is 80.0 Å². The second-order valence-electron chi connectivity index (χ2n) is 7.71. The molecule has 2 saturated heterocycles. The van der Waals surface area contributed by atoms with Gasteiger partial charge in [-0.1, -0.05) is 0 Å². The highest BCUT2D eigenvalue weighted by Crippen LogP contribution is 2.13. The molecule has 2 aliphatic rings. The average Bonchev–Trinajstić information content (AvgIpc) is 3.33. The van der Waals surface area contributed by atoms with Crippen LogP contribution < -0.4 is 5.32 Å². The predicted molar refractivity (Wildman–Crippen MR) is 108 cm³/mol. The van der Waals surface area contributed by atoms with Crippen LogP contribution in [-0.4, -0.2) is 96.7 Å². The summed E-state index contributed by atoms with van der Waals surface area (Å²) >= 11 is 0. The van der Waals surface area contributed by atoms with Gasteiger partial charge < -0.3 is 24.3 Å². The zero-order valence-corrected chi connectivity index (χ0v) is 17.6. The van der Waals surface area contributed by atoms with Gasteiger partial charge in [0.25, 0.3) is 0 Å². The summed E-state index contributed by atoms with van der Waals surface area (Å²) in [6.07, 6.45) is 2.21. The monoisotopic (exact) mass is 393 g/mol. The standard InChI is InChI=1S/C19H35N7O2/c1-16-22-23-18(25(16)3)13-21-19(24(2)14-17-5-10-28-15-17)20-6-4-7-26-8-11-27-12-9-26/h17H,4-15H2,1-3H3,(H,20,21). The van der Waals surface area contributed by atoms with Gasteiger partial charge in [0.15, 0.2) is 11.8 Å². The molecule has 1 atom stereocenters. The smallest absolute Gasteiger partial charge is 0.194 e. The normalized spacial score (nSPS) is 21.2. The lowest BCUT2D eigenvalue weighted by molar-refractivity contribution is 0.0375. The fourth-order valence-corrected chi connectivity index (χ4v) is 3.57. The summed E-state index contributed by atoms with van der Waals surface area (Å²) in [5.74, 6) is 3.28. The molecule has 2 aliphatic heterocycles. The number of aryl methyl sites for hydroxylation is 1. The van der Waals surface area contributed by atoms with Crippen molar-refractivity contribution in [2.24, 2.45) is 18.0 Å². The van der Waals surface area contributed by atoms with E-state index in [1.165, 1.54) is 0 Å². The fraction of sp³-hybridized carbons (Fsp3) is 0.842. The SMILES string of the molecule is Cc1nnc(CN=C(NCCCN2CCOCC2)N(C)CC2CCOC2)n1C. The molecule has 0 amide bonds. The van der Waals surface area contributed by atoms with Crippen LogP contribution in [0.1, 0.15) is 24.5 Å². The van der Waals surface area contributed by atoms with Gasteiger partial charge in [-0.15, -0.1) is 10.2 Å². The second-order valence-corrected chi connectivity index (χ2v) is 7.71. The van der Waals surface area contributed by atoms with Crippen molar-refractivity contribution in [1.82, 2.24) is 29.9 Å². The summed E-state index contributed by atoms with van der Waals surface area (Å²) in [4.78, 5) is 9.51. The van der Waals surface area contributed by atoms with Gasteiger partial charge in [0.1, 0.15) is 12.4 Å². The second kappa shape index (κ2) is 10.7. The van der Waals surface area contributed by atoms with Crippen molar-refractivity contribution >= 4 is 5.96 Å². The molecule has 9 heteroatoms. The Hall–Kier alpha value is -1.71. The third-order valence-electron chi connectivity index (χ3n) is 5.51. The van der Waals surface area contributed by atoms with Crippen LogP contribution in [0.5, 0.6) is 0 Å². The van der Waals surface area contributed by atoms with E-state index >= 15 is 0 Å². The third-order valence-corrected chi connectivity index (χ3v) is 5.51. The molecule has 1 unspecified atom stereocenters. The number of ether oxygens (including phenoxy) is 2. The van der Waals surface area contributed by atoms with Crippen LogP contribution in [0.15, 0.2) is 4.99 Å². The van der Waals surface area contributed by atoms with Crippen molar-refractivity contribution in [3.63, 3.8) is 0 Å². The molecule has 0 bridgehead atoms. The molecule has 1 N–H and O–H groups in total. The van der Waals surface area contributed by atoms with E-state index in [1.54, 1.807) is 0 Å². The van der Waals surface area contributed by atoms with E-state index in [1.807, 2.05) is 18.5 Å². The van der Waals surface area contributed by atoms with Gasteiger partial charge in [0.05, 0.1) is 19.8 Å². The minimum absolute atomic E-state index is 0.522. The molecule has 1 aromatic heterocycles. The zero-order valence-electron chi connectivity index (χ0n) is 17.6. The first-order valence-corrected chi connectivity index (χ1v) is 10.4. The van der Waals surface area contributed by atoms with Crippen LogP contribution in [0.2, 0.25) is 0 Å². The summed E-state index contributed by atoms with van der Waals surface area (Å²) in [5.41, 5.74) is 0. The predicted octanol–water partition coefficient (Wildman–Crippen LogP) is 0.260. The summed E-state index contributed by atoms with van der Waals surface area (Å²) in [7, 11) is 4.09. The molecule has 0 saturated carbocycles. The minimum atomic E-state index is 0.522. The van der Waals surface area contributed by atoms with Crippen molar-refractivity contribution in [1.29, 1.82) is 0 Å². The van der Waals surface area contributed by atoms with Gasteiger partial charge in [-0.3, -0.25) is 4.90 Å². The maximum atomic E-state index is 5.53. The molecule has 0 aromatic carbocycles. The van der Waals surface area contributed by atoms with Crippen LogP contribution >= 0.6 is 0 Å². The van der Waals surface area contributed by atoms with E-state index in [0.29, 0.717) is 12.5 Å². The number of hydrogen-bond acceptors (Lipinski definition) is 6. The van der Waals surface area contributed by atoms with Gasteiger partial charge in [-0.05, 0) is 26.3 Å². The van der Waals surface area contributed by atoms with E-state index in [9.17, 15) is 0 Å². The summed E-state index contributed by atoms with van der Waals surface area (Å²) in [6, 6.07) is 0. The highest BCUT2D eigenvalue weighted by molar-refractivity contribution is 5.79. The molecule has 3 rings (SSSR count). The lowest BCUT2D eigenvalue weighted by Gasteiger charge is -2.27. The largest absolute Gasteiger partial charge is 0.381 e. The van der Waals surface area contributed by atoms with Crippen molar-refractivity contribution < 1.29 is 9.47 Å². The van der Waals surface area contributed by atoms with Gasteiger partial charge in [0, 0.05) is 52.8 Å². The molecule has 0 spiro atoms. The fourth-order valence-electron chi connectivity index (χ4n) is 3.57. The quantitative estimate of drug-likeness (QED) is 0.385. The number of aliphatic imine (C=N–C) groups is 1. The van der Waals surface area contributed by atoms with E-state index < -0.39 is 0 Å². The first-order chi connectivity index (χ1) is 13.6. The maximum absolute atomic E-state index is 5.53. The number of nitrogens with one attached hydrogen (secondary N) is 1. The van der Waals surface area contributed by atoms with E-state index in [-0.39, 0.29) is 0 Å². The summed E-state index contributed by atoms with van der Waals surface area (Å²) < 4.78 is 12.9. The number of hydrogen-bond donors (Lipinski definition) is 1. The summed E-state index contributed by atoms with van der Waals surface area (Å²) in [5, 5.41) is 11.9. The Kier molecular flexibility index (Phi) is 8.05. The number of nitrogens with zero attached hydrogens (tertiary/aromatic N) is 6.